The fraction of sp³-hybridized carbons (Fsp3) is 0.133. The van der Waals surface area contributed by atoms with Crippen molar-refractivity contribution in [3.05, 3.63) is 61.1 Å². The second-order valence-electron chi connectivity index (χ2n) is 4.57. The Bertz CT molecular complexity index is 770. The molecule has 0 spiro atoms. The van der Waals surface area contributed by atoms with Crippen molar-refractivity contribution in [1.82, 2.24) is 0 Å². The molecule has 0 fully saturated rings. The Kier molecular flexibility index (Phi) is 5.23. The van der Waals surface area contributed by atoms with Gasteiger partial charge in [0.2, 0.25) is 0 Å². The Morgan fingerprint density at radius 3 is 2.57 bits per heavy atom. The number of aryl methyl sites for hydroxylation is 1. The van der Waals surface area contributed by atoms with Crippen molar-refractivity contribution in [1.29, 1.82) is 0 Å². The van der Waals surface area contributed by atoms with Gasteiger partial charge in [-0.25, -0.2) is 4.79 Å². The van der Waals surface area contributed by atoms with Crippen molar-refractivity contribution in [3.63, 3.8) is 0 Å². The number of nitro benzene ring substituents is 1. The molecule has 0 atom stereocenters. The van der Waals surface area contributed by atoms with Crippen LogP contribution in [0.15, 0.2) is 34.8 Å². The van der Waals surface area contributed by atoms with Crippen LogP contribution in [0.3, 0.4) is 0 Å². The topological polar surface area (TPSA) is 78.7 Å². The van der Waals surface area contributed by atoms with Gasteiger partial charge in [0.1, 0.15) is 0 Å². The highest BCUT2D eigenvalue weighted by molar-refractivity contribution is 9.10. The molecule has 2 aromatic carbocycles. The number of ether oxygens (including phenoxy) is 2. The van der Waals surface area contributed by atoms with Gasteiger partial charge in [-0.1, -0.05) is 27.5 Å². The first-order valence-electron chi connectivity index (χ1n) is 6.33. The molecule has 0 amide bonds. The first-order chi connectivity index (χ1) is 10.8. The summed E-state index contributed by atoms with van der Waals surface area (Å²) in [5.41, 5.74) is 0.359. The summed E-state index contributed by atoms with van der Waals surface area (Å²) in [4.78, 5) is 22.6. The van der Waals surface area contributed by atoms with E-state index in [1.54, 1.807) is 19.1 Å². The zero-order valence-corrected chi connectivity index (χ0v) is 14.5. The molecule has 0 radical (unpaired) electrons. The average Bonchev–Trinajstić information content (AvgIpc) is 2.49. The van der Waals surface area contributed by atoms with Crippen LogP contribution in [0.5, 0.6) is 11.5 Å². The number of carbonyl (C=O) groups excluding carboxylic acids is 1. The van der Waals surface area contributed by atoms with Gasteiger partial charge >= 0.3 is 11.7 Å². The maximum Gasteiger partial charge on any atom is 0.343 e. The van der Waals surface area contributed by atoms with Gasteiger partial charge in [-0.15, -0.1) is 0 Å². The largest absolute Gasteiger partial charge is 0.490 e. The van der Waals surface area contributed by atoms with Crippen LogP contribution in [0.2, 0.25) is 5.02 Å². The minimum Gasteiger partial charge on any atom is -0.490 e. The van der Waals surface area contributed by atoms with Crippen LogP contribution in [0.1, 0.15) is 15.9 Å². The van der Waals surface area contributed by atoms with Crippen molar-refractivity contribution in [3.8, 4) is 11.5 Å². The third kappa shape index (κ3) is 3.80. The number of nitro groups is 1. The second-order valence-corrected chi connectivity index (χ2v) is 5.89. The van der Waals surface area contributed by atoms with Crippen LogP contribution in [-0.2, 0) is 0 Å². The van der Waals surface area contributed by atoms with E-state index in [4.69, 9.17) is 21.1 Å². The van der Waals surface area contributed by atoms with E-state index >= 15 is 0 Å². The Balaban J connectivity index is 2.35. The van der Waals surface area contributed by atoms with Crippen LogP contribution in [0, 0.1) is 17.0 Å². The van der Waals surface area contributed by atoms with E-state index in [-0.39, 0.29) is 27.8 Å². The number of hydrogen-bond acceptors (Lipinski definition) is 5. The third-order valence-corrected chi connectivity index (χ3v) is 3.74. The summed E-state index contributed by atoms with van der Waals surface area (Å²) in [5.74, 6) is -0.481. The number of methoxy groups -OCH3 is 1. The molecule has 0 heterocycles. The Morgan fingerprint density at radius 2 is 2.00 bits per heavy atom. The van der Waals surface area contributed by atoms with Crippen LogP contribution in [-0.4, -0.2) is 18.0 Å². The summed E-state index contributed by atoms with van der Waals surface area (Å²) in [6, 6.07) is 7.16. The number of halogens is 2. The predicted molar refractivity (Wildman–Crippen MR) is 88.5 cm³/mol. The molecular formula is C15H11BrClNO5. The van der Waals surface area contributed by atoms with Gasteiger partial charge in [0.25, 0.3) is 0 Å². The van der Waals surface area contributed by atoms with Gasteiger partial charge in [0.15, 0.2) is 11.5 Å². The molecule has 2 aromatic rings. The smallest absolute Gasteiger partial charge is 0.343 e. The van der Waals surface area contributed by atoms with Crippen molar-refractivity contribution in [2.45, 2.75) is 6.92 Å². The average molecular weight is 401 g/mol. The lowest BCUT2D eigenvalue weighted by atomic mass is 10.2. The van der Waals surface area contributed by atoms with Crippen LogP contribution in [0.25, 0.3) is 0 Å². The van der Waals surface area contributed by atoms with Crippen LogP contribution >= 0.6 is 27.5 Å². The highest BCUT2D eigenvalue weighted by atomic mass is 79.9. The first-order valence-corrected chi connectivity index (χ1v) is 7.51. The standard InChI is InChI=1S/C15H11BrClNO5/c1-8-5-10(16)7-11(17)14(8)23-15(19)9-3-4-13(22-2)12(6-9)18(20)21/h3-7H,1-2H3. The monoisotopic (exact) mass is 399 g/mol. The predicted octanol–water partition coefficient (Wildman–Crippen LogP) is 4.55. The van der Waals surface area contributed by atoms with Gasteiger partial charge in [-0.2, -0.15) is 0 Å². The first kappa shape index (κ1) is 17.2. The summed E-state index contributed by atoms with van der Waals surface area (Å²) in [6.07, 6.45) is 0. The summed E-state index contributed by atoms with van der Waals surface area (Å²) < 4.78 is 10.9. The van der Waals surface area contributed by atoms with Crippen molar-refractivity contribution < 1.29 is 19.2 Å². The number of hydrogen-bond donors (Lipinski definition) is 0. The number of nitrogens with zero attached hydrogens (tertiary/aromatic N) is 1. The lowest BCUT2D eigenvalue weighted by Gasteiger charge is -2.10. The molecule has 23 heavy (non-hydrogen) atoms. The van der Waals surface area contributed by atoms with E-state index in [1.165, 1.54) is 19.2 Å². The SMILES string of the molecule is COc1ccc(C(=O)Oc2c(C)cc(Br)cc2Cl)cc1[N+](=O)[O-]. The zero-order valence-electron chi connectivity index (χ0n) is 12.1. The lowest BCUT2D eigenvalue weighted by molar-refractivity contribution is -0.385. The molecule has 6 nitrogen and oxygen atoms in total. The van der Waals surface area contributed by atoms with Gasteiger partial charge < -0.3 is 9.47 Å². The number of rotatable bonds is 4. The molecular weight excluding hydrogens is 390 g/mol. The minimum absolute atomic E-state index is 0.0240. The van der Waals surface area contributed by atoms with E-state index in [9.17, 15) is 14.9 Å². The highest BCUT2D eigenvalue weighted by Gasteiger charge is 2.20. The third-order valence-electron chi connectivity index (χ3n) is 3.00. The van der Waals surface area contributed by atoms with Gasteiger partial charge in [0.05, 0.1) is 22.6 Å². The van der Waals surface area contributed by atoms with Crippen LogP contribution < -0.4 is 9.47 Å². The number of esters is 1. The summed E-state index contributed by atoms with van der Waals surface area (Å²) >= 11 is 9.35. The number of benzene rings is 2. The molecule has 0 aliphatic rings. The highest BCUT2D eigenvalue weighted by Crippen LogP contribution is 2.33. The fourth-order valence-corrected chi connectivity index (χ4v) is 2.94. The lowest BCUT2D eigenvalue weighted by Crippen LogP contribution is -2.10. The summed E-state index contributed by atoms with van der Waals surface area (Å²) in [6.45, 7) is 1.73. The zero-order chi connectivity index (χ0) is 17.1. The number of carbonyl (C=O) groups is 1. The van der Waals surface area contributed by atoms with Crippen molar-refractivity contribution in [2.24, 2.45) is 0 Å². The molecule has 0 saturated heterocycles. The van der Waals surface area contributed by atoms with Crippen molar-refractivity contribution >= 4 is 39.2 Å². The fourth-order valence-electron chi connectivity index (χ4n) is 1.93. The van der Waals surface area contributed by atoms with E-state index in [0.29, 0.717) is 5.56 Å². The molecule has 0 aromatic heterocycles. The summed E-state index contributed by atoms with van der Waals surface area (Å²) in [7, 11) is 1.31. The molecule has 120 valence electrons. The maximum absolute atomic E-state index is 12.2. The molecule has 0 bridgehead atoms. The van der Waals surface area contributed by atoms with Gasteiger partial charge in [-0.05, 0) is 36.8 Å². The Labute approximate surface area is 145 Å². The molecule has 0 aliphatic heterocycles. The summed E-state index contributed by atoms with van der Waals surface area (Å²) in [5, 5.41) is 11.3. The van der Waals surface area contributed by atoms with Crippen molar-refractivity contribution in [2.75, 3.05) is 7.11 Å². The molecule has 0 saturated carbocycles. The van der Waals surface area contributed by atoms with E-state index in [0.717, 1.165) is 10.5 Å². The molecule has 8 heteroatoms. The minimum atomic E-state index is -0.747. The molecule has 2 rings (SSSR count). The maximum atomic E-state index is 12.2. The second kappa shape index (κ2) is 6.97. The van der Waals surface area contributed by atoms with Crippen LogP contribution in [0.4, 0.5) is 5.69 Å². The van der Waals surface area contributed by atoms with E-state index in [1.807, 2.05) is 0 Å². The molecule has 0 N–H and O–H groups in total. The van der Waals surface area contributed by atoms with E-state index in [2.05, 4.69) is 15.9 Å². The Hall–Kier alpha value is -2.12. The molecule has 0 unspecified atom stereocenters. The normalized spacial score (nSPS) is 10.3. The quantitative estimate of drug-likeness (QED) is 0.326. The van der Waals surface area contributed by atoms with E-state index < -0.39 is 10.9 Å². The van der Waals surface area contributed by atoms with Gasteiger partial charge in [0, 0.05) is 10.5 Å². The van der Waals surface area contributed by atoms with Gasteiger partial charge in [-0.3, -0.25) is 10.1 Å². The molecule has 0 aliphatic carbocycles. The Morgan fingerprint density at radius 1 is 1.30 bits per heavy atom.